The summed E-state index contributed by atoms with van der Waals surface area (Å²) in [6.45, 7) is 6.83. The van der Waals surface area contributed by atoms with Crippen LogP contribution in [0.15, 0.2) is 0 Å². The van der Waals surface area contributed by atoms with Gasteiger partial charge in [0, 0.05) is 6.04 Å². The van der Waals surface area contributed by atoms with E-state index in [4.69, 9.17) is 5.11 Å². The maximum absolute atomic E-state index is 11.5. The summed E-state index contributed by atoms with van der Waals surface area (Å²) in [6.07, 6.45) is 1.93. The molecule has 0 aromatic rings. The monoisotopic (exact) mass is 260 g/mol. The molecule has 2 atom stereocenters. The van der Waals surface area contributed by atoms with Crippen LogP contribution in [0.25, 0.3) is 0 Å². The Labute approximate surface area is 108 Å². The van der Waals surface area contributed by atoms with E-state index in [0.29, 0.717) is 5.92 Å². The number of carboxylic acid groups (broad SMARTS) is 1. The fourth-order valence-corrected chi connectivity index (χ4v) is 1.70. The normalized spacial score (nSPS) is 15.9. The molecule has 0 heterocycles. The Morgan fingerprint density at radius 2 is 1.78 bits per heavy atom. The molecule has 0 spiro atoms. The number of carbonyl (C=O) groups is 2. The molecule has 106 valence electrons. The molecule has 2 amide bonds. The molecule has 0 bridgehead atoms. The highest BCUT2D eigenvalue weighted by molar-refractivity contribution is 5.79. The molecule has 0 radical (unpaired) electrons. The zero-order valence-electron chi connectivity index (χ0n) is 11.5. The maximum Gasteiger partial charge on any atom is 0.337 e. The van der Waals surface area contributed by atoms with Crippen molar-refractivity contribution in [3.8, 4) is 0 Å². The lowest BCUT2D eigenvalue weighted by atomic mass is 9.96. The molecule has 0 aromatic carbocycles. The third-order valence-electron chi connectivity index (χ3n) is 3.17. The van der Waals surface area contributed by atoms with Crippen LogP contribution in [0, 0.1) is 5.92 Å². The largest absolute Gasteiger partial charge is 0.479 e. The van der Waals surface area contributed by atoms with Gasteiger partial charge in [-0.05, 0) is 19.8 Å². The van der Waals surface area contributed by atoms with Crippen molar-refractivity contribution < 1.29 is 19.8 Å². The van der Waals surface area contributed by atoms with Gasteiger partial charge >= 0.3 is 12.0 Å². The minimum atomic E-state index is -1.95. The van der Waals surface area contributed by atoms with Crippen LogP contribution in [0.4, 0.5) is 4.79 Å². The van der Waals surface area contributed by atoms with E-state index in [1.54, 1.807) is 0 Å². The molecule has 2 unspecified atom stereocenters. The lowest BCUT2D eigenvalue weighted by Crippen LogP contribution is -2.51. The fourth-order valence-electron chi connectivity index (χ4n) is 1.70. The summed E-state index contributed by atoms with van der Waals surface area (Å²) in [5.74, 6) is -0.980. The second kappa shape index (κ2) is 7.20. The van der Waals surface area contributed by atoms with Crippen LogP contribution in [0.2, 0.25) is 0 Å². The number of urea groups is 1. The van der Waals surface area contributed by atoms with Crippen molar-refractivity contribution in [2.75, 3.05) is 6.54 Å². The first kappa shape index (κ1) is 16.7. The van der Waals surface area contributed by atoms with Crippen molar-refractivity contribution in [3.05, 3.63) is 0 Å². The molecule has 6 heteroatoms. The minimum Gasteiger partial charge on any atom is -0.479 e. The molecule has 0 fully saturated rings. The van der Waals surface area contributed by atoms with Crippen molar-refractivity contribution >= 4 is 12.0 Å². The van der Waals surface area contributed by atoms with Gasteiger partial charge in [-0.3, -0.25) is 0 Å². The van der Waals surface area contributed by atoms with Gasteiger partial charge in [-0.2, -0.15) is 0 Å². The number of amides is 2. The van der Waals surface area contributed by atoms with Crippen LogP contribution in [0.1, 0.15) is 40.5 Å². The van der Waals surface area contributed by atoms with E-state index < -0.39 is 17.6 Å². The van der Waals surface area contributed by atoms with Gasteiger partial charge in [0.05, 0.1) is 6.54 Å². The Morgan fingerprint density at radius 3 is 2.17 bits per heavy atom. The Balaban J connectivity index is 4.16. The molecular weight excluding hydrogens is 236 g/mol. The number of carboxylic acids is 1. The van der Waals surface area contributed by atoms with Crippen molar-refractivity contribution in [3.63, 3.8) is 0 Å². The van der Waals surface area contributed by atoms with Gasteiger partial charge in [0.15, 0.2) is 5.60 Å². The number of hydrogen-bond donors (Lipinski definition) is 4. The highest BCUT2D eigenvalue weighted by atomic mass is 16.4. The second-order valence-electron chi connectivity index (χ2n) is 4.77. The Hall–Kier alpha value is -1.30. The van der Waals surface area contributed by atoms with Crippen LogP contribution in [0.3, 0.4) is 0 Å². The first-order chi connectivity index (χ1) is 8.24. The van der Waals surface area contributed by atoms with E-state index in [2.05, 4.69) is 24.5 Å². The Bertz CT molecular complexity index is 288. The summed E-state index contributed by atoms with van der Waals surface area (Å²) in [5.41, 5.74) is -1.95. The fraction of sp³-hybridized carbons (Fsp3) is 0.833. The van der Waals surface area contributed by atoms with E-state index in [-0.39, 0.29) is 12.6 Å². The van der Waals surface area contributed by atoms with Crippen LogP contribution in [-0.4, -0.2) is 40.4 Å². The maximum atomic E-state index is 11.5. The van der Waals surface area contributed by atoms with Crippen molar-refractivity contribution in [1.29, 1.82) is 0 Å². The topological polar surface area (TPSA) is 98.7 Å². The molecule has 18 heavy (non-hydrogen) atoms. The van der Waals surface area contributed by atoms with Gasteiger partial charge in [0.25, 0.3) is 0 Å². The van der Waals surface area contributed by atoms with Gasteiger partial charge in [-0.15, -0.1) is 0 Å². The first-order valence-electron chi connectivity index (χ1n) is 6.24. The summed E-state index contributed by atoms with van der Waals surface area (Å²) in [4.78, 5) is 22.2. The summed E-state index contributed by atoms with van der Waals surface area (Å²) < 4.78 is 0. The average Bonchev–Trinajstić information content (AvgIpc) is 2.28. The number of aliphatic carboxylic acids is 1. The highest BCUT2D eigenvalue weighted by Crippen LogP contribution is 2.12. The molecular formula is C12H24N2O4. The zero-order valence-corrected chi connectivity index (χ0v) is 11.5. The minimum absolute atomic E-state index is 0.00905. The first-order valence-corrected chi connectivity index (χ1v) is 6.24. The van der Waals surface area contributed by atoms with E-state index >= 15 is 0 Å². The molecule has 4 N–H and O–H groups in total. The molecule has 0 saturated carbocycles. The van der Waals surface area contributed by atoms with Gasteiger partial charge in [0.1, 0.15) is 0 Å². The van der Waals surface area contributed by atoms with Crippen LogP contribution in [-0.2, 0) is 4.79 Å². The summed E-state index contributed by atoms with van der Waals surface area (Å²) >= 11 is 0. The SMILES string of the molecule is CCC(CC)C(C)NC(=O)NCC(C)(O)C(=O)O. The smallest absolute Gasteiger partial charge is 0.337 e. The van der Waals surface area contributed by atoms with E-state index in [0.717, 1.165) is 19.8 Å². The predicted molar refractivity (Wildman–Crippen MR) is 68.3 cm³/mol. The van der Waals surface area contributed by atoms with Gasteiger partial charge in [-0.25, -0.2) is 9.59 Å². The predicted octanol–water partition coefficient (Wildman–Crippen LogP) is 0.946. The lowest BCUT2D eigenvalue weighted by Gasteiger charge is -2.24. The van der Waals surface area contributed by atoms with Crippen LogP contribution < -0.4 is 10.6 Å². The standard InChI is InChI=1S/C12H24N2O4/c1-5-9(6-2)8(3)14-11(17)13-7-12(4,18)10(15)16/h8-9,18H,5-7H2,1-4H3,(H,15,16)(H2,13,14,17). The zero-order chi connectivity index (χ0) is 14.3. The van der Waals surface area contributed by atoms with Gasteiger partial charge < -0.3 is 20.8 Å². The van der Waals surface area contributed by atoms with Crippen LogP contribution in [0.5, 0.6) is 0 Å². The number of hydrogen-bond acceptors (Lipinski definition) is 3. The average molecular weight is 260 g/mol. The number of nitrogens with one attached hydrogen (secondary N) is 2. The Kier molecular flexibility index (Phi) is 6.68. The Morgan fingerprint density at radius 1 is 1.28 bits per heavy atom. The molecule has 6 nitrogen and oxygen atoms in total. The number of carbonyl (C=O) groups excluding carboxylic acids is 1. The number of aliphatic hydroxyl groups is 1. The second-order valence-corrected chi connectivity index (χ2v) is 4.77. The lowest BCUT2D eigenvalue weighted by molar-refractivity contribution is -0.155. The van der Waals surface area contributed by atoms with Crippen LogP contribution >= 0.6 is 0 Å². The molecule has 0 aliphatic carbocycles. The van der Waals surface area contributed by atoms with E-state index in [1.807, 2.05) is 6.92 Å². The highest BCUT2D eigenvalue weighted by Gasteiger charge is 2.30. The molecule has 0 saturated heterocycles. The van der Waals surface area contributed by atoms with Gasteiger partial charge in [-0.1, -0.05) is 26.7 Å². The summed E-state index contributed by atoms with van der Waals surface area (Å²) in [7, 11) is 0. The third kappa shape index (κ3) is 5.35. The molecule has 0 aliphatic rings. The van der Waals surface area contributed by atoms with Gasteiger partial charge in [0.2, 0.25) is 0 Å². The molecule has 0 aromatic heterocycles. The summed E-state index contributed by atoms with van der Waals surface area (Å²) in [6, 6.07) is -0.453. The molecule has 0 aliphatic heterocycles. The molecule has 0 rings (SSSR count). The van der Waals surface area contributed by atoms with E-state index in [1.165, 1.54) is 0 Å². The summed E-state index contributed by atoms with van der Waals surface area (Å²) in [5, 5.41) is 23.2. The van der Waals surface area contributed by atoms with E-state index in [9.17, 15) is 14.7 Å². The quantitative estimate of drug-likeness (QED) is 0.547. The van der Waals surface area contributed by atoms with Crippen molar-refractivity contribution in [1.82, 2.24) is 10.6 Å². The number of rotatable bonds is 7. The van der Waals surface area contributed by atoms with Crippen molar-refractivity contribution in [2.45, 2.75) is 52.2 Å². The van der Waals surface area contributed by atoms with Crippen molar-refractivity contribution in [2.24, 2.45) is 5.92 Å². The third-order valence-corrected chi connectivity index (χ3v) is 3.17.